The maximum absolute atomic E-state index is 11.4. The first-order valence-electron chi connectivity index (χ1n) is 4.57. The summed E-state index contributed by atoms with van der Waals surface area (Å²) in [5.41, 5.74) is 6.19. The van der Waals surface area contributed by atoms with E-state index in [-0.39, 0.29) is 11.3 Å². The van der Waals surface area contributed by atoms with Crippen LogP contribution in [-0.4, -0.2) is 33.2 Å². The minimum absolute atomic E-state index is 0.277. The van der Waals surface area contributed by atoms with E-state index in [2.05, 4.69) is 24.9 Å². The van der Waals surface area contributed by atoms with Crippen molar-refractivity contribution in [3.8, 4) is 0 Å². The molecule has 2 heterocycles. The van der Waals surface area contributed by atoms with Gasteiger partial charge in [-0.3, -0.25) is 5.10 Å². The predicted molar refractivity (Wildman–Crippen MR) is 60.5 cm³/mol. The molecule has 0 fully saturated rings. The van der Waals surface area contributed by atoms with Gasteiger partial charge in [-0.25, -0.2) is 14.8 Å². The molecule has 0 bridgehead atoms. The van der Waals surface area contributed by atoms with Gasteiger partial charge in [-0.1, -0.05) is 0 Å². The standard InChI is InChI=1S/C9H9N5O2S/c1-16-8(15)5-2-7(11-3-6(5)10)17-9-12-4-13-14-9/h2-4H,10H2,1H3,(H,12,13,14). The summed E-state index contributed by atoms with van der Waals surface area (Å²) in [5, 5.41) is 7.55. The fraction of sp³-hybridized carbons (Fsp3) is 0.111. The topological polar surface area (TPSA) is 107 Å². The molecule has 0 spiro atoms. The third-order valence-corrected chi connectivity index (χ3v) is 2.73. The van der Waals surface area contributed by atoms with E-state index in [0.29, 0.717) is 10.2 Å². The van der Waals surface area contributed by atoms with Crippen molar-refractivity contribution in [3.63, 3.8) is 0 Å². The lowest BCUT2D eigenvalue weighted by Gasteiger charge is -2.04. The van der Waals surface area contributed by atoms with Crippen LogP contribution in [0, 0.1) is 0 Å². The average molecular weight is 251 g/mol. The van der Waals surface area contributed by atoms with Gasteiger partial charge >= 0.3 is 5.97 Å². The van der Waals surface area contributed by atoms with E-state index in [0.717, 1.165) is 0 Å². The molecule has 0 saturated carbocycles. The van der Waals surface area contributed by atoms with E-state index in [9.17, 15) is 4.79 Å². The summed E-state index contributed by atoms with van der Waals surface area (Å²) in [4.78, 5) is 19.4. The van der Waals surface area contributed by atoms with Crippen molar-refractivity contribution in [2.24, 2.45) is 0 Å². The highest BCUT2D eigenvalue weighted by Crippen LogP contribution is 2.24. The maximum atomic E-state index is 11.4. The number of anilines is 1. The Hall–Kier alpha value is -2.09. The number of nitrogens with zero attached hydrogens (tertiary/aromatic N) is 3. The van der Waals surface area contributed by atoms with Crippen LogP contribution in [0.15, 0.2) is 28.8 Å². The number of hydrogen-bond acceptors (Lipinski definition) is 7. The number of nitrogens with one attached hydrogen (secondary N) is 1. The average Bonchev–Trinajstić information content (AvgIpc) is 2.83. The Bertz CT molecular complexity index is 528. The van der Waals surface area contributed by atoms with Gasteiger partial charge in [-0.05, 0) is 17.8 Å². The molecule has 0 aliphatic heterocycles. The molecular formula is C9H9N5O2S. The van der Waals surface area contributed by atoms with Crippen molar-refractivity contribution in [3.05, 3.63) is 24.2 Å². The number of aromatic amines is 1. The highest BCUT2D eigenvalue weighted by atomic mass is 32.2. The van der Waals surface area contributed by atoms with Gasteiger partial charge < -0.3 is 10.5 Å². The second kappa shape index (κ2) is 4.83. The number of aromatic nitrogens is 4. The van der Waals surface area contributed by atoms with Crippen LogP contribution in [0.2, 0.25) is 0 Å². The zero-order valence-corrected chi connectivity index (χ0v) is 9.69. The van der Waals surface area contributed by atoms with Crippen LogP contribution in [0.5, 0.6) is 0 Å². The molecule has 8 heteroatoms. The quantitative estimate of drug-likeness (QED) is 0.774. The molecule has 3 N–H and O–H groups in total. The van der Waals surface area contributed by atoms with Crippen LogP contribution in [-0.2, 0) is 4.74 Å². The van der Waals surface area contributed by atoms with Crippen molar-refractivity contribution in [1.82, 2.24) is 20.2 Å². The summed E-state index contributed by atoms with van der Waals surface area (Å²) >= 11 is 1.24. The summed E-state index contributed by atoms with van der Waals surface area (Å²) in [6.45, 7) is 0. The largest absolute Gasteiger partial charge is 0.465 e. The molecule has 2 aromatic rings. The van der Waals surface area contributed by atoms with Crippen LogP contribution in [0.4, 0.5) is 5.69 Å². The number of ether oxygens (including phenoxy) is 1. The second-order valence-electron chi connectivity index (χ2n) is 2.99. The zero-order valence-electron chi connectivity index (χ0n) is 8.88. The molecule has 0 aromatic carbocycles. The number of nitrogens with two attached hydrogens (primary N) is 1. The molecule has 0 amide bonds. The van der Waals surface area contributed by atoms with E-state index < -0.39 is 5.97 Å². The summed E-state index contributed by atoms with van der Waals surface area (Å²) < 4.78 is 4.62. The van der Waals surface area contributed by atoms with Crippen molar-refractivity contribution in [1.29, 1.82) is 0 Å². The van der Waals surface area contributed by atoms with Crippen LogP contribution < -0.4 is 5.73 Å². The number of nitrogen functional groups attached to an aromatic ring is 1. The molecule has 0 saturated heterocycles. The van der Waals surface area contributed by atoms with Gasteiger partial charge in [0.15, 0.2) is 5.16 Å². The SMILES string of the molecule is COC(=O)c1cc(Sc2ncn[nH]2)ncc1N. The number of H-pyrrole nitrogens is 1. The van der Waals surface area contributed by atoms with Crippen LogP contribution >= 0.6 is 11.8 Å². The van der Waals surface area contributed by atoms with E-state index in [1.54, 1.807) is 6.07 Å². The number of carbonyl (C=O) groups is 1. The van der Waals surface area contributed by atoms with Crippen LogP contribution in [0.1, 0.15) is 10.4 Å². The summed E-state index contributed by atoms with van der Waals surface area (Å²) in [6.07, 6.45) is 2.80. The molecule has 88 valence electrons. The molecule has 17 heavy (non-hydrogen) atoms. The predicted octanol–water partition coefficient (Wildman–Crippen LogP) is 0.720. The molecular weight excluding hydrogens is 242 g/mol. The highest BCUT2D eigenvalue weighted by Gasteiger charge is 2.12. The number of pyridine rings is 1. The summed E-state index contributed by atoms with van der Waals surface area (Å²) in [5.74, 6) is -0.496. The Balaban J connectivity index is 2.28. The molecule has 0 aliphatic carbocycles. The monoisotopic (exact) mass is 251 g/mol. The van der Waals surface area contributed by atoms with Gasteiger partial charge in [0.25, 0.3) is 0 Å². The van der Waals surface area contributed by atoms with E-state index in [4.69, 9.17) is 5.73 Å². The minimum atomic E-state index is -0.496. The highest BCUT2D eigenvalue weighted by molar-refractivity contribution is 7.99. The van der Waals surface area contributed by atoms with E-state index in [1.165, 1.54) is 31.4 Å². The Labute approximate surface area is 101 Å². The van der Waals surface area contributed by atoms with Gasteiger partial charge in [0.2, 0.25) is 0 Å². The number of esters is 1. The first kappa shape index (κ1) is 11.4. The fourth-order valence-corrected chi connectivity index (χ4v) is 1.81. The van der Waals surface area contributed by atoms with Gasteiger partial charge in [-0.15, -0.1) is 0 Å². The molecule has 2 rings (SSSR count). The first-order valence-corrected chi connectivity index (χ1v) is 5.39. The van der Waals surface area contributed by atoms with Gasteiger partial charge in [0, 0.05) is 0 Å². The zero-order chi connectivity index (χ0) is 12.3. The summed E-state index contributed by atoms with van der Waals surface area (Å²) in [7, 11) is 1.30. The van der Waals surface area contributed by atoms with Crippen molar-refractivity contribution >= 4 is 23.4 Å². The van der Waals surface area contributed by atoms with Crippen LogP contribution in [0.3, 0.4) is 0 Å². The van der Waals surface area contributed by atoms with E-state index >= 15 is 0 Å². The minimum Gasteiger partial charge on any atom is -0.465 e. The van der Waals surface area contributed by atoms with E-state index in [1.807, 2.05) is 0 Å². The second-order valence-corrected chi connectivity index (χ2v) is 4.00. The fourth-order valence-electron chi connectivity index (χ4n) is 1.13. The smallest absolute Gasteiger partial charge is 0.340 e. The number of hydrogen-bond donors (Lipinski definition) is 2. The molecule has 0 radical (unpaired) electrons. The molecule has 0 atom stereocenters. The third-order valence-electron chi connectivity index (χ3n) is 1.91. The lowest BCUT2D eigenvalue weighted by atomic mass is 10.2. The lowest BCUT2D eigenvalue weighted by Crippen LogP contribution is -2.06. The number of carbonyl (C=O) groups excluding carboxylic acids is 1. The van der Waals surface area contributed by atoms with Gasteiger partial charge in [-0.2, -0.15) is 5.10 Å². The first-order chi connectivity index (χ1) is 8.20. The molecule has 0 aliphatic rings. The Morgan fingerprint density at radius 3 is 3.00 bits per heavy atom. The Morgan fingerprint density at radius 1 is 1.53 bits per heavy atom. The van der Waals surface area contributed by atoms with Crippen LogP contribution in [0.25, 0.3) is 0 Å². The van der Waals surface area contributed by atoms with Crippen molar-refractivity contribution in [2.75, 3.05) is 12.8 Å². The maximum Gasteiger partial charge on any atom is 0.340 e. The van der Waals surface area contributed by atoms with Crippen molar-refractivity contribution in [2.45, 2.75) is 10.2 Å². The molecule has 0 unspecified atom stereocenters. The van der Waals surface area contributed by atoms with Gasteiger partial charge in [0.05, 0.1) is 24.6 Å². The number of rotatable bonds is 3. The molecule has 2 aromatic heterocycles. The third kappa shape index (κ3) is 2.53. The normalized spacial score (nSPS) is 10.2. The Kier molecular flexibility index (Phi) is 3.24. The lowest BCUT2D eigenvalue weighted by molar-refractivity contribution is 0.0601. The Morgan fingerprint density at radius 2 is 2.35 bits per heavy atom. The van der Waals surface area contributed by atoms with Gasteiger partial charge in [0.1, 0.15) is 11.4 Å². The summed E-state index contributed by atoms with van der Waals surface area (Å²) in [6, 6.07) is 1.55. The van der Waals surface area contributed by atoms with Crippen molar-refractivity contribution < 1.29 is 9.53 Å². The molecule has 7 nitrogen and oxygen atoms in total. The number of methoxy groups -OCH3 is 1.